The molecule has 1 aromatic carbocycles. The molecule has 2 aromatic heterocycles. The third kappa shape index (κ3) is 4.57. The number of benzene rings is 1. The summed E-state index contributed by atoms with van der Waals surface area (Å²) >= 11 is 1.46. The smallest absolute Gasteiger partial charge is 0.318 e. The van der Waals surface area contributed by atoms with Gasteiger partial charge in [-0.05, 0) is 56.7 Å². The van der Waals surface area contributed by atoms with Gasteiger partial charge in [-0.3, -0.25) is 15.1 Å². The molecule has 3 unspecified atom stereocenters. The molecule has 0 spiro atoms. The van der Waals surface area contributed by atoms with Crippen molar-refractivity contribution in [1.29, 1.82) is 5.26 Å². The summed E-state index contributed by atoms with van der Waals surface area (Å²) in [5.41, 5.74) is 3.79. The van der Waals surface area contributed by atoms with Crippen LogP contribution >= 0.6 is 11.3 Å². The summed E-state index contributed by atoms with van der Waals surface area (Å²) in [5, 5.41) is 29.2. The Bertz CT molecular complexity index is 1550. The zero-order valence-corrected chi connectivity index (χ0v) is 23.0. The lowest BCUT2D eigenvalue weighted by atomic mass is 9.65. The molecule has 1 saturated heterocycles. The third-order valence-corrected chi connectivity index (χ3v) is 8.64. The number of pyridine rings is 1. The summed E-state index contributed by atoms with van der Waals surface area (Å²) in [5.74, 6) is -3.04. The highest BCUT2D eigenvalue weighted by Gasteiger charge is 2.59. The standard InChI is InChI=1S/C28H30N8O3S/c1-3-27(25(37)38)7-10-30-16-23(27)28(35-26(39)31-4-2)34-8-5-11-36(28)19-13-20(24-22(14-19)33-17-40-24)21-12-18(15-29)6-9-32-21/h5-6,8-9,11-14,17,23,30H,3-4,7,10,16H2,1-2H3,(H,37,38)(H2,31,35,39). The van der Waals surface area contributed by atoms with Crippen molar-refractivity contribution in [2.45, 2.75) is 32.5 Å². The minimum atomic E-state index is -1.47. The summed E-state index contributed by atoms with van der Waals surface area (Å²) in [6, 6.07) is 8.89. The average Bonchev–Trinajstić information content (AvgIpc) is 3.45. The fourth-order valence-corrected chi connectivity index (χ4v) is 6.56. The van der Waals surface area contributed by atoms with Crippen LogP contribution in [0.15, 0.2) is 53.2 Å². The molecule has 1 fully saturated rings. The van der Waals surface area contributed by atoms with Crippen LogP contribution in [0, 0.1) is 22.7 Å². The molecule has 0 saturated carbocycles. The van der Waals surface area contributed by atoms with E-state index >= 15 is 0 Å². The van der Waals surface area contributed by atoms with E-state index in [0.29, 0.717) is 54.9 Å². The molecule has 5 rings (SSSR count). The Morgan fingerprint density at radius 1 is 1.30 bits per heavy atom. The number of hydrogen-bond acceptors (Lipinski definition) is 9. The van der Waals surface area contributed by atoms with E-state index < -0.39 is 29.1 Å². The predicted octanol–water partition coefficient (Wildman–Crippen LogP) is 3.70. The number of carbonyl (C=O) groups is 2. The number of aromatic nitrogens is 2. The summed E-state index contributed by atoms with van der Waals surface area (Å²) in [6.45, 7) is 4.94. The summed E-state index contributed by atoms with van der Waals surface area (Å²) in [6.07, 6.45) is 7.49. The largest absolute Gasteiger partial charge is 0.481 e. The van der Waals surface area contributed by atoms with Crippen LogP contribution in [0.3, 0.4) is 0 Å². The van der Waals surface area contributed by atoms with Crippen LogP contribution in [0.5, 0.6) is 0 Å². The van der Waals surface area contributed by atoms with E-state index in [0.717, 1.165) is 10.3 Å². The monoisotopic (exact) mass is 558 g/mol. The molecule has 4 N–H and O–H groups in total. The number of aliphatic imine (C=N–C) groups is 1. The molecule has 0 bridgehead atoms. The number of carboxylic acid groups (broad SMARTS) is 1. The van der Waals surface area contributed by atoms with E-state index in [-0.39, 0.29) is 0 Å². The number of allylic oxidation sites excluding steroid dienone is 1. The highest BCUT2D eigenvalue weighted by atomic mass is 32.1. The zero-order chi connectivity index (χ0) is 28.3. The van der Waals surface area contributed by atoms with Crippen LogP contribution in [0.2, 0.25) is 0 Å². The van der Waals surface area contributed by atoms with Gasteiger partial charge in [0, 0.05) is 43.0 Å². The lowest BCUT2D eigenvalue weighted by Gasteiger charge is -2.53. The molecule has 11 nitrogen and oxygen atoms in total. The molecule has 206 valence electrons. The van der Waals surface area contributed by atoms with Crippen molar-refractivity contribution in [3.63, 3.8) is 0 Å². The molecule has 2 aliphatic heterocycles. The second-order valence-electron chi connectivity index (χ2n) is 9.76. The minimum Gasteiger partial charge on any atom is -0.481 e. The Balaban J connectivity index is 1.73. The van der Waals surface area contributed by atoms with Gasteiger partial charge in [0.15, 0.2) is 0 Å². The van der Waals surface area contributed by atoms with Gasteiger partial charge < -0.3 is 20.6 Å². The first-order valence-electron chi connectivity index (χ1n) is 13.1. The maximum atomic E-state index is 13.2. The number of hydrogen-bond donors (Lipinski definition) is 4. The van der Waals surface area contributed by atoms with Crippen LogP contribution < -0.4 is 20.9 Å². The van der Waals surface area contributed by atoms with Crippen LogP contribution in [-0.2, 0) is 4.79 Å². The molecule has 3 atom stereocenters. The fourth-order valence-electron chi connectivity index (χ4n) is 5.77. The minimum absolute atomic E-state index is 0.325. The maximum Gasteiger partial charge on any atom is 0.318 e. The van der Waals surface area contributed by atoms with Crippen molar-refractivity contribution in [2.75, 3.05) is 24.5 Å². The van der Waals surface area contributed by atoms with E-state index in [1.807, 2.05) is 30.9 Å². The van der Waals surface area contributed by atoms with Gasteiger partial charge in [-0.15, -0.1) is 11.3 Å². The normalized spacial score (nSPS) is 24.0. The van der Waals surface area contributed by atoms with Gasteiger partial charge in [0.25, 0.3) is 0 Å². The Kier molecular flexibility index (Phi) is 7.51. The number of amides is 2. The quantitative estimate of drug-likeness (QED) is 0.342. The number of nitrogens with one attached hydrogen (secondary N) is 3. The highest BCUT2D eigenvalue weighted by Crippen LogP contribution is 2.48. The van der Waals surface area contributed by atoms with Crippen molar-refractivity contribution in [3.05, 3.63) is 53.8 Å². The molecule has 2 amide bonds. The topological polar surface area (TPSA) is 156 Å². The Labute approximate surface area is 235 Å². The molecule has 40 heavy (non-hydrogen) atoms. The van der Waals surface area contributed by atoms with Gasteiger partial charge >= 0.3 is 12.0 Å². The number of urea groups is 1. The number of thiazole rings is 1. The summed E-state index contributed by atoms with van der Waals surface area (Å²) < 4.78 is 0.894. The first-order valence-corrected chi connectivity index (χ1v) is 14.0. The van der Waals surface area contributed by atoms with Gasteiger partial charge in [-0.1, -0.05) is 6.92 Å². The average molecular weight is 559 g/mol. The van der Waals surface area contributed by atoms with E-state index in [4.69, 9.17) is 4.99 Å². The molecule has 12 heteroatoms. The number of rotatable bonds is 7. The van der Waals surface area contributed by atoms with E-state index in [2.05, 4.69) is 32.0 Å². The number of fused-ring (bicyclic) bond motifs is 1. The third-order valence-electron chi connectivity index (χ3n) is 7.76. The predicted molar refractivity (Wildman–Crippen MR) is 154 cm³/mol. The van der Waals surface area contributed by atoms with Crippen LogP contribution in [0.1, 0.15) is 32.3 Å². The first kappa shape index (κ1) is 27.2. The van der Waals surface area contributed by atoms with E-state index in [1.165, 1.54) is 11.3 Å². The molecule has 0 radical (unpaired) electrons. The number of anilines is 1. The Morgan fingerprint density at radius 2 is 2.15 bits per heavy atom. The Hall–Kier alpha value is -4.34. The summed E-state index contributed by atoms with van der Waals surface area (Å²) in [4.78, 5) is 41.8. The molecular weight excluding hydrogens is 528 g/mol. The van der Waals surface area contributed by atoms with Crippen LogP contribution in [0.4, 0.5) is 10.5 Å². The number of carboxylic acids is 1. The van der Waals surface area contributed by atoms with Crippen LogP contribution in [0.25, 0.3) is 21.5 Å². The fraction of sp³-hybridized carbons (Fsp3) is 0.357. The number of nitriles is 1. The van der Waals surface area contributed by atoms with Gasteiger partial charge in [0.05, 0.1) is 44.4 Å². The second-order valence-corrected chi connectivity index (χ2v) is 10.6. The van der Waals surface area contributed by atoms with Crippen molar-refractivity contribution in [1.82, 2.24) is 25.9 Å². The van der Waals surface area contributed by atoms with Gasteiger partial charge in [-0.25, -0.2) is 14.8 Å². The molecule has 3 aromatic rings. The number of nitrogens with zero attached hydrogens (tertiary/aromatic N) is 5. The molecule has 4 heterocycles. The van der Waals surface area contributed by atoms with Crippen molar-refractivity contribution < 1.29 is 14.7 Å². The zero-order valence-electron chi connectivity index (χ0n) is 22.2. The maximum absolute atomic E-state index is 13.2. The molecular formula is C28H30N8O3S. The van der Waals surface area contributed by atoms with Gasteiger partial charge in [-0.2, -0.15) is 5.26 Å². The van der Waals surface area contributed by atoms with Crippen LogP contribution in [-0.4, -0.2) is 58.7 Å². The van der Waals surface area contributed by atoms with E-state index in [9.17, 15) is 20.0 Å². The van der Waals surface area contributed by atoms with Gasteiger partial charge in [0.2, 0.25) is 5.79 Å². The number of piperidine rings is 1. The number of aliphatic carboxylic acids is 1. The number of carbonyl (C=O) groups excluding carboxylic acids is 1. The summed E-state index contributed by atoms with van der Waals surface area (Å²) in [7, 11) is 0. The molecule has 2 aliphatic rings. The van der Waals surface area contributed by atoms with E-state index in [1.54, 1.807) is 42.3 Å². The van der Waals surface area contributed by atoms with Crippen molar-refractivity contribution in [3.8, 4) is 17.3 Å². The Morgan fingerprint density at radius 3 is 2.90 bits per heavy atom. The first-order chi connectivity index (χ1) is 19.4. The van der Waals surface area contributed by atoms with Gasteiger partial charge in [0.1, 0.15) is 0 Å². The second kappa shape index (κ2) is 11.0. The van der Waals surface area contributed by atoms with Crippen molar-refractivity contribution in [2.24, 2.45) is 16.3 Å². The van der Waals surface area contributed by atoms with Crippen molar-refractivity contribution >= 4 is 45.5 Å². The molecule has 0 aliphatic carbocycles. The lowest BCUT2D eigenvalue weighted by molar-refractivity contribution is -0.158. The SMILES string of the molecule is CCNC(=O)NC1(C2CNCCC2(CC)C(=O)O)N=CC=CN1c1cc(-c2cc(C#N)ccn2)c2scnc2c1. The highest BCUT2D eigenvalue weighted by molar-refractivity contribution is 7.17. The lowest BCUT2D eigenvalue weighted by Crippen LogP contribution is -2.71.